The Hall–Kier alpha value is -1.29. The van der Waals surface area contributed by atoms with E-state index in [1.54, 1.807) is 11.0 Å². The van der Waals surface area contributed by atoms with Crippen LogP contribution < -0.4 is 15.0 Å². The Morgan fingerprint density at radius 1 is 1.29 bits per heavy atom. The molecular weight excluding hydrogens is 219 g/mol. The molecule has 17 heavy (non-hydrogen) atoms. The molecule has 1 heterocycles. The van der Waals surface area contributed by atoms with Crippen LogP contribution in [0.25, 0.3) is 0 Å². The van der Waals surface area contributed by atoms with E-state index in [9.17, 15) is 4.39 Å². The van der Waals surface area contributed by atoms with E-state index in [1.165, 1.54) is 6.07 Å². The fourth-order valence-electron chi connectivity index (χ4n) is 2.03. The summed E-state index contributed by atoms with van der Waals surface area (Å²) in [4.78, 5) is 1.75. The van der Waals surface area contributed by atoms with Crippen molar-refractivity contribution in [3.8, 4) is 5.75 Å². The Kier molecular flexibility index (Phi) is 3.84. The zero-order chi connectivity index (χ0) is 12.3. The van der Waals surface area contributed by atoms with Crippen molar-refractivity contribution in [2.45, 2.75) is 18.9 Å². The molecule has 3 nitrogen and oxygen atoms in total. The molecule has 0 radical (unpaired) electrons. The number of nitrogens with one attached hydrogen (secondary N) is 1. The van der Waals surface area contributed by atoms with Crippen LogP contribution >= 0.6 is 0 Å². The van der Waals surface area contributed by atoms with Gasteiger partial charge in [0.15, 0.2) is 0 Å². The van der Waals surface area contributed by atoms with E-state index in [4.69, 9.17) is 4.74 Å². The molecule has 1 aliphatic heterocycles. The molecule has 4 heteroatoms. The number of halogens is 1. The Bertz CT molecular complexity index is 376. The molecule has 0 spiro atoms. The van der Waals surface area contributed by atoms with Gasteiger partial charge >= 0.3 is 0 Å². The molecule has 1 aliphatic rings. The Morgan fingerprint density at radius 2 is 2.00 bits per heavy atom. The van der Waals surface area contributed by atoms with E-state index < -0.39 is 0 Å². The number of nitrogens with zero attached hydrogens (tertiary/aromatic N) is 1. The van der Waals surface area contributed by atoms with E-state index in [1.807, 2.05) is 20.2 Å². The van der Waals surface area contributed by atoms with E-state index >= 15 is 0 Å². The maximum Gasteiger partial charge on any atom is 0.150 e. The number of ether oxygens (including phenoxy) is 1. The van der Waals surface area contributed by atoms with Crippen molar-refractivity contribution in [3.05, 3.63) is 24.0 Å². The summed E-state index contributed by atoms with van der Waals surface area (Å²) in [5.74, 6) is 0.390. The fourth-order valence-corrected chi connectivity index (χ4v) is 2.03. The van der Waals surface area contributed by atoms with Crippen molar-refractivity contribution in [3.63, 3.8) is 0 Å². The number of hydrogen-bond acceptors (Lipinski definition) is 3. The van der Waals surface area contributed by atoms with Crippen LogP contribution in [0.2, 0.25) is 0 Å². The molecule has 0 aromatic heterocycles. The van der Waals surface area contributed by atoms with Crippen LogP contribution in [0.1, 0.15) is 12.8 Å². The van der Waals surface area contributed by atoms with Gasteiger partial charge in [0, 0.05) is 20.2 Å². The first-order chi connectivity index (χ1) is 8.16. The van der Waals surface area contributed by atoms with Crippen LogP contribution in [0, 0.1) is 5.82 Å². The summed E-state index contributed by atoms with van der Waals surface area (Å²) < 4.78 is 19.5. The van der Waals surface area contributed by atoms with Crippen molar-refractivity contribution >= 4 is 5.69 Å². The molecule has 0 saturated carbocycles. The number of benzene rings is 1. The lowest BCUT2D eigenvalue weighted by atomic mass is 10.1. The average Bonchev–Trinajstić information content (AvgIpc) is 2.30. The minimum absolute atomic E-state index is 0.209. The van der Waals surface area contributed by atoms with E-state index in [-0.39, 0.29) is 11.9 Å². The molecule has 1 fully saturated rings. The van der Waals surface area contributed by atoms with Crippen LogP contribution in [0.5, 0.6) is 5.75 Å². The summed E-state index contributed by atoms with van der Waals surface area (Å²) in [5.41, 5.74) is 0.586. The predicted molar refractivity (Wildman–Crippen MR) is 67.2 cm³/mol. The van der Waals surface area contributed by atoms with Gasteiger partial charge in [-0.2, -0.15) is 0 Å². The molecule has 94 valence electrons. The van der Waals surface area contributed by atoms with E-state index in [0.29, 0.717) is 11.4 Å². The maximum absolute atomic E-state index is 13.7. The van der Waals surface area contributed by atoms with Crippen LogP contribution in [-0.2, 0) is 0 Å². The largest absolute Gasteiger partial charge is 0.490 e. The monoisotopic (exact) mass is 238 g/mol. The van der Waals surface area contributed by atoms with Gasteiger partial charge in [-0.25, -0.2) is 4.39 Å². The molecule has 0 bridgehead atoms. The van der Waals surface area contributed by atoms with Gasteiger partial charge in [0.25, 0.3) is 0 Å². The summed E-state index contributed by atoms with van der Waals surface area (Å²) in [6.07, 6.45) is 2.18. The van der Waals surface area contributed by atoms with Gasteiger partial charge in [0.1, 0.15) is 17.7 Å². The highest BCUT2D eigenvalue weighted by atomic mass is 19.1. The summed E-state index contributed by atoms with van der Waals surface area (Å²) >= 11 is 0. The quantitative estimate of drug-likeness (QED) is 0.872. The van der Waals surface area contributed by atoms with Crippen molar-refractivity contribution < 1.29 is 9.13 Å². The Morgan fingerprint density at radius 3 is 2.59 bits per heavy atom. The van der Waals surface area contributed by atoms with Crippen molar-refractivity contribution in [1.82, 2.24) is 5.32 Å². The molecule has 2 rings (SSSR count). The second-order valence-electron chi connectivity index (χ2n) is 4.57. The van der Waals surface area contributed by atoms with Crippen LogP contribution in [-0.4, -0.2) is 33.3 Å². The first-order valence-electron chi connectivity index (χ1n) is 6.01. The lowest BCUT2D eigenvalue weighted by Gasteiger charge is -2.24. The van der Waals surface area contributed by atoms with Crippen molar-refractivity contribution in [2.24, 2.45) is 0 Å². The van der Waals surface area contributed by atoms with Crippen LogP contribution in [0.3, 0.4) is 0 Å². The van der Waals surface area contributed by atoms with Gasteiger partial charge in [-0.05, 0) is 38.1 Å². The summed E-state index contributed by atoms with van der Waals surface area (Å²) in [7, 11) is 3.65. The van der Waals surface area contributed by atoms with Gasteiger partial charge < -0.3 is 15.0 Å². The fraction of sp³-hybridized carbons (Fsp3) is 0.538. The standard InChI is InChI=1S/C13H19FN2O/c1-16(2)13-4-3-11(9-12(13)14)17-10-5-7-15-8-6-10/h3-4,9-10,15H,5-8H2,1-2H3. The smallest absolute Gasteiger partial charge is 0.150 e. The number of anilines is 1. The Balaban J connectivity index is 2.04. The van der Waals surface area contributed by atoms with Gasteiger partial charge in [-0.3, -0.25) is 0 Å². The first-order valence-corrected chi connectivity index (χ1v) is 6.01. The summed E-state index contributed by atoms with van der Waals surface area (Å²) in [5, 5.41) is 3.28. The molecule has 0 unspecified atom stereocenters. The number of rotatable bonds is 3. The molecule has 0 atom stereocenters. The van der Waals surface area contributed by atoms with E-state index in [2.05, 4.69) is 5.32 Å². The summed E-state index contributed by atoms with van der Waals surface area (Å²) in [6, 6.07) is 5.06. The Labute approximate surface area is 102 Å². The highest BCUT2D eigenvalue weighted by molar-refractivity contribution is 5.49. The molecular formula is C13H19FN2O. The lowest BCUT2D eigenvalue weighted by Crippen LogP contribution is -2.34. The van der Waals surface area contributed by atoms with Gasteiger partial charge in [-0.1, -0.05) is 0 Å². The SMILES string of the molecule is CN(C)c1ccc(OC2CCNCC2)cc1F. The third-order valence-electron chi connectivity index (χ3n) is 2.99. The van der Waals surface area contributed by atoms with Gasteiger partial charge in [0.2, 0.25) is 0 Å². The normalized spacial score (nSPS) is 16.9. The zero-order valence-electron chi connectivity index (χ0n) is 10.4. The third kappa shape index (κ3) is 3.09. The minimum Gasteiger partial charge on any atom is -0.490 e. The molecule has 0 amide bonds. The molecule has 1 aromatic rings. The first kappa shape index (κ1) is 12.2. The van der Waals surface area contributed by atoms with Crippen LogP contribution in [0.15, 0.2) is 18.2 Å². The average molecular weight is 238 g/mol. The molecule has 1 aromatic carbocycles. The predicted octanol–water partition coefficient (Wildman–Crippen LogP) is 2.02. The maximum atomic E-state index is 13.7. The minimum atomic E-state index is -0.235. The highest BCUT2D eigenvalue weighted by Gasteiger charge is 2.15. The second-order valence-corrected chi connectivity index (χ2v) is 4.57. The topological polar surface area (TPSA) is 24.5 Å². The highest BCUT2D eigenvalue weighted by Crippen LogP contribution is 2.24. The zero-order valence-corrected chi connectivity index (χ0v) is 10.4. The second kappa shape index (κ2) is 5.36. The number of hydrogen-bond donors (Lipinski definition) is 1. The van der Waals surface area contributed by atoms with Crippen molar-refractivity contribution in [1.29, 1.82) is 0 Å². The summed E-state index contributed by atoms with van der Waals surface area (Å²) in [6.45, 7) is 1.95. The van der Waals surface area contributed by atoms with Crippen molar-refractivity contribution in [2.75, 3.05) is 32.1 Å². The molecule has 0 aliphatic carbocycles. The van der Waals surface area contributed by atoms with Gasteiger partial charge in [0.05, 0.1) is 5.69 Å². The molecule has 1 saturated heterocycles. The molecule has 1 N–H and O–H groups in total. The number of piperidine rings is 1. The van der Waals surface area contributed by atoms with Gasteiger partial charge in [-0.15, -0.1) is 0 Å². The van der Waals surface area contributed by atoms with E-state index in [0.717, 1.165) is 25.9 Å². The van der Waals surface area contributed by atoms with Crippen LogP contribution in [0.4, 0.5) is 10.1 Å². The lowest BCUT2D eigenvalue weighted by molar-refractivity contribution is 0.162. The third-order valence-corrected chi connectivity index (χ3v) is 2.99.